The third-order valence-electron chi connectivity index (χ3n) is 4.73. The second-order valence-electron chi connectivity index (χ2n) is 6.25. The van der Waals surface area contributed by atoms with Crippen molar-refractivity contribution in [3.05, 3.63) is 30.5 Å². The van der Waals surface area contributed by atoms with Gasteiger partial charge in [0, 0.05) is 17.6 Å². The van der Waals surface area contributed by atoms with Crippen molar-refractivity contribution in [3.8, 4) is 0 Å². The molecule has 1 heterocycles. The molecule has 0 radical (unpaired) electrons. The fraction of sp³-hybridized carbons (Fsp3) is 0.500. The number of nitrogen functional groups attached to an aromatic ring is 1. The maximum absolute atomic E-state index is 6.31. The minimum absolute atomic E-state index is 0.564. The van der Waals surface area contributed by atoms with Crippen LogP contribution in [0.15, 0.2) is 30.5 Å². The normalized spacial score (nSPS) is 22.3. The molecular formula is C18H25N3. The molecule has 1 aliphatic carbocycles. The SMILES string of the molecule is CCCC1CCC(Nc2ccc3ncccc3c2N)CC1. The first-order valence-corrected chi connectivity index (χ1v) is 8.17. The van der Waals surface area contributed by atoms with Gasteiger partial charge in [0.15, 0.2) is 0 Å². The van der Waals surface area contributed by atoms with Crippen LogP contribution in [0.2, 0.25) is 0 Å². The number of nitrogens with zero attached hydrogens (tertiary/aromatic N) is 1. The van der Waals surface area contributed by atoms with Crippen molar-refractivity contribution in [2.45, 2.75) is 51.5 Å². The van der Waals surface area contributed by atoms with E-state index in [1.807, 2.05) is 18.3 Å². The number of nitrogens with two attached hydrogens (primary N) is 1. The monoisotopic (exact) mass is 283 g/mol. The molecule has 0 spiro atoms. The Balaban J connectivity index is 1.70. The highest BCUT2D eigenvalue weighted by atomic mass is 14.9. The summed E-state index contributed by atoms with van der Waals surface area (Å²) in [6.45, 7) is 2.29. The number of anilines is 2. The molecule has 1 aliphatic rings. The van der Waals surface area contributed by atoms with E-state index in [0.717, 1.165) is 28.2 Å². The van der Waals surface area contributed by atoms with Gasteiger partial charge >= 0.3 is 0 Å². The van der Waals surface area contributed by atoms with Crippen LogP contribution in [0, 0.1) is 5.92 Å². The second kappa shape index (κ2) is 6.33. The highest BCUT2D eigenvalue weighted by Gasteiger charge is 2.21. The van der Waals surface area contributed by atoms with Crippen LogP contribution >= 0.6 is 0 Å². The summed E-state index contributed by atoms with van der Waals surface area (Å²) in [6, 6.07) is 8.67. The standard InChI is InChI=1S/C18H25N3/c1-2-4-13-6-8-14(9-7-13)21-17-11-10-16-15(18(17)19)5-3-12-20-16/h3,5,10-14,21H,2,4,6-9,19H2,1H3. The lowest BCUT2D eigenvalue weighted by Crippen LogP contribution is -2.26. The van der Waals surface area contributed by atoms with Gasteiger partial charge in [-0.05, 0) is 55.9 Å². The first-order valence-electron chi connectivity index (χ1n) is 8.17. The van der Waals surface area contributed by atoms with E-state index in [9.17, 15) is 0 Å². The zero-order valence-electron chi connectivity index (χ0n) is 12.8. The van der Waals surface area contributed by atoms with Crippen LogP contribution in [0.4, 0.5) is 11.4 Å². The molecule has 3 nitrogen and oxygen atoms in total. The molecule has 3 heteroatoms. The van der Waals surface area contributed by atoms with Gasteiger partial charge in [0.1, 0.15) is 0 Å². The van der Waals surface area contributed by atoms with Crippen molar-refractivity contribution >= 4 is 22.3 Å². The number of fused-ring (bicyclic) bond motifs is 1. The number of nitrogens with one attached hydrogen (secondary N) is 1. The number of aromatic nitrogens is 1. The third-order valence-corrected chi connectivity index (χ3v) is 4.73. The second-order valence-corrected chi connectivity index (χ2v) is 6.25. The Hall–Kier alpha value is -1.77. The lowest BCUT2D eigenvalue weighted by Gasteiger charge is -2.30. The van der Waals surface area contributed by atoms with E-state index in [4.69, 9.17) is 5.73 Å². The first-order chi connectivity index (χ1) is 10.3. The largest absolute Gasteiger partial charge is 0.397 e. The summed E-state index contributed by atoms with van der Waals surface area (Å²) in [6.07, 6.45) is 9.72. The van der Waals surface area contributed by atoms with Crippen LogP contribution in [0.5, 0.6) is 0 Å². The molecule has 0 amide bonds. The zero-order valence-corrected chi connectivity index (χ0v) is 12.8. The van der Waals surface area contributed by atoms with Crippen molar-refractivity contribution in [1.82, 2.24) is 4.98 Å². The highest BCUT2D eigenvalue weighted by Crippen LogP contribution is 2.32. The van der Waals surface area contributed by atoms with Gasteiger partial charge in [-0.2, -0.15) is 0 Å². The Labute approximate surface area is 127 Å². The van der Waals surface area contributed by atoms with E-state index < -0.39 is 0 Å². The van der Waals surface area contributed by atoms with Crippen molar-refractivity contribution in [2.24, 2.45) is 5.92 Å². The van der Waals surface area contributed by atoms with E-state index in [-0.39, 0.29) is 0 Å². The molecule has 0 atom stereocenters. The summed E-state index contributed by atoms with van der Waals surface area (Å²) in [5, 5.41) is 4.69. The van der Waals surface area contributed by atoms with Crippen LogP contribution in [0.25, 0.3) is 10.9 Å². The molecule has 1 fully saturated rings. The van der Waals surface area contributed by atoms with Gasteiger partial charge in [0.25, 0.3) is 0 Å². The Morgan fingerprint density at radius 1 is 1.19 bits per heavy atom. The van der Waals surface area contributed by atoms with E-state index in [0.29, 0.717) is 6.04 Å². The minimum atomic E-state index is 0.564. The van der Waals surface area contributed by atoms with Gasteiger partial charge in [-0.25, -0.2) is 0 Å². The molecule has 0 saturated heterocycles. The van der Waals surface area contributed by atoms with Crippen molar-refractivity contribution in [1.29, 1.82) is 0 Å². The molecule has 1 aromatic carbocycles. The molecular weight excluding hydrogens is 258 g/mol. The van der Waals surface area contributed by atoms with E-state index in [2.05, 4.69) is 29.4 Å². The number of hydrogen-bond donors (Lipinski definition) is 2. The quantitative estimate of drug-likeness (QED) is 0.807. The Morgan fingerprint density at radius 3 is 2.76 bits per heavy atom. The Morgan fingerprint density at radius 2 is 2.00 bits per heavy atom. The number of hydrogen-bond acceptors (Lipinski definition) is 3. The third kappa shape index (κ3) is 3.12. The first kappa shape index (κ1) is 14.2. The zero-order chi connectivity index (χ0) is 14.7. The molecule has 1 aromatic heterocycles. The lowest BCUT2D eigenvalue weighted by atomic mass is 9.83. The molecule has 0 unspecified atom stereocenters. The highest BCUT2D eigenvalue weighted by molar-refractivity contribution is 5.96. The molecule has 3 N–H and O–H groups in total. The topological polar surface area (TPSA) is 50.9 Å². The Bertz CT molecular complexity index is 600. The predicted molar refractivity (Wildman–Crippen MR) is 90.4 cm³/mol. The number of pyridine rings is 1. The predicted octanol–water partition coefficient (Wildman–Crippen LogP) is 4.59. The van der Waals surface area contributed by atoms with Gasteiger partial charge in [-0.3, -0.25) is 4.98 Å². The maximum Gasteiger partial charge on any atom is 0.0724 e. The molecule has 3 rings (SSSR count). The molecule has 21 heavy (non-hydrogen) atoms. The summed E-state index contributed by atoms with van der Waals surface area (Å²) in [5.74, 6) is 0.936. The minimum Gasteiger partial charge on any atom is -0.397 e. The maximum atomic E-state index is 6.31. The van der Waals surface area contributed by atoms with Gasteiger partial charge in [-0.1, -0.05) is 19.8 Å². The van der Waals surface area contributed by atoms with E-state index in [1.54, 1.807) is 0 Å². The van der Waals surface area contributed by atoms with Crippen LogP contribution in [0.1, 0.15) is 45.4 Å². The van der Waals surface area contributed by atoms with Gasteiger partial charge in [0.05, 0.1) is 16.9 Å². The fourth-order valence-electron chi connectivity index (χ4n) is 3.52. The van der Waals surface area contributed by atoms with Crippen LogP contribution in [-0.4, -0.2) is 11.0 Å². The van der Waals surface area contributed by atoms with Gasteiger partial charge in [0.2, 0.25) is 0 Å². The Kier molecular flexibility index (Phi) is 4.28. The summed E-state index contributed by atoms with van der Waals surface area (Å²) >= 11 is 0. The van der Waals surface area contributed by atoms with Crippen LogP contribution in [0.3, 0.4) is 0 Å². The van der Waals surface area contributed by atoms with Crippen LogP contribution < -0.4 is 11.1 Å². The van der Waals surface area contributed by atoms with Crippen molar-refractivity contribution in [3.63, 3.8) is 0 Å². The molecule has 2 aromatic rings. The summed E-state index contributed by atoms with van der Waals surface area (Å²) in [4.78, 5) is 4.35. The van der Waals surface area contributed by atoms with Gasteiger partial charge in [-0.15, -0.1) is 0 Å². The van der Waals surface area contributed by atoms with E-state index >= 15 is 0 Å². The smallest absolute Gasteiger partial charge is 0.0724 e. The van der Waals surface area contributed by atoms with E-state index in [1.165, 1.54) is 38.5 Å². The molecule has 1 saturated carbocycles. The molecule has 0 aliphatic heterocycles. The lowest BCUT2D eigenvalue weighted by molar-refractivity contribution is 0.319. The average Bonchev–Trinajstić information content (AvgIpc) is 2.52. The molecule has 112 valence electrons. The summed E-state index contributed by atoms with van der Waals surface area (Å²) < 4.78 is 0. The number of rotatable bonds is 4. The summed E-state index contributed by atoms with van der Waals surface area (Å²) in [5.41, 5.74) is 9.17. The van der Waals surface area contributed by atoms with Crippen LogP contribution in [-0.2, 0) is 0 Å². The average molecular weight is 283 g/mol. The van der Waals surface area contributed by atoms with Crippen molar-refractivity contribution < 1.29 is 0 Å². The summed E-state index contributed by atoms with van der Waals surface area (Å²) in [7, 11) is 0. The van der Waals surface area contributed by atoms with Gasteiger partial charge < -0.3 is 11.1 Å². The fourth-order valence-corrected chi connectivity index (χ4v) is 3.52. The van der Waals surface area contributed by atoms with Crippen molar-refractivity contribution in [2.75, 3.05) is 11.1 Å². The number of benzene rings is 1. The molecule has 0 bridgehead atoms.